The highest BCUT2D eigenvalue weighted by Crippen LogP contribution is 2.29. The third-order valence-electron chi connectivity index (χ3n) is 5.54. The van der Waals surface area contributed by atoms with E-state index in [1.54, 1.807) is 22.3 Å². The molecule has 0 aliphatic carbocycles. The van der Waals surface area contributed by atoms with Crippen LogP contribution < -0.4 is 10.5 Å². The van der Waals surface area contributed by atoms with Gasteiger partial charge in [-0.1, -0.05) is 12.1 Å². The second kappa shape index (κ2) is 7.03. The third kappa shape index (κ3) is 2.98. The zero-order chi connectivity index (χ0) is 19.1. The van der Waals surface area contributed by atoms with Crippen LogP contribution >= 0.6 is 11.5 Å². The summed E-state index contributed by atoms with van der Waals surface area (Å²) >= 11 is 1.57. The number of piperazine rings is 1. The molecule has 0 radical (unpaired) electrons. The van der Waals surface area contributed by atoms with E-state index in [0.29, 0.717) is 12.1 Å². The molecule has 4 heterocycles. The Labute approximate surface area is 166 Å². The van der Waals surface area contributed by atoms with E-state index in [0.717, 1.165) is 44.4 Å². The molecule has 1 saturated heterocycles. The molecular formula is C20H22N6OS. The number of aryl methyl sites for hydroxylation is 1. The fourth-order valence-electron chi connectivity index (χ4n) is 3.87. The highest BCUT2D eigenvalue weighted by molar-refractivity contribution is 7.13. The van der Waals surface area contributed by atoms with Crippen LogP contribution in [0.1, 0.15) is 5.82 Å². The Kier molecular flexibility index (Phi) is 4.37. The topological polar surface area (TPSA) is 58.7 Å². The molecule has 0 atom stereocenters. The zero-order valence-electron chi connectivity index (χ0n) is 15.8. The van der Waals surface area contributed by atoms with E-state index >= 15 is 0 Å². The SMILES string of the molecule is Cc1ncc2c(=O)n(CCN3CCN(c4nsc5ccccc45)CC3)ccn12. The number of hydrogen-bond donors (Lipinski definition) is 0. The van der Waals surface area contributed by atoms with Crippen LogP contribution in [0.3, 0.4) is 0 Å². The molecule has 0 saturated carbocycles. The van der Waals surface area contributed by atoms with Gasteiger partial charge in [-0.2, -0.15) is 4.37 Å². The lowest BCUT2D eigenvalue weighted by atomic mass is 10.2. The smallest absolute Gasteiger partial charge is 0.276 e. The summed E-state index contributed by atoms with van der Waals surface area (Å²) in [6.45, 7) is 7.35. The lowest BCUT2D eigenvalue weighted by Gasteiger charge is -2.35. The lowest BCUT2D eigenvalue weighted by Crippen LogP contribution is -2.47. The van der Waals surface area contributed by atoms with E-state index in [9.17, 15) is 4.79 Å². The second-order valence-electron chi connectivity index (χ2n) is 7.19. The van der Waals surface area contributed by atoms with Crippen molar-refractivity contribution in [3.8, 4) is 0 Å². The Balaban J connectivity index is 1.23. The van der Waals surface area contributed by atoms with Crippen LogP contribution in [0.5, 0.6) is 0 Å². The molecule has 3 aromatic heterocycles. The maximum absolute atomic E-state index is 12.6. The number of hydrogen-bond acceptors (Lipinski definition) is 6. The van der Waals surface area contributed by atoms with Crippen molar-refractivity contribution < 1.29 is 0 Å². The van der Waals surface area contributed by atoms with Gasteiger partial charge in [-0.25, -0.2) is 4.98 Å². The van der Waals surface area contributed by atoms with E-state index in [4.69, 9.17) is 0 Å². The fourth-order valence-corrected chi connectivity index (χ4v) is 4.67. The number of benzene rings is 1. The second-order valence-corrected chi connectivity index (χ2v) is 7.99. The Bertz CT molecular complexity index is 1180. The van der Waals surface area contributed by atoms with Gasteiger partial charge in [0.1, 0.15) is 17.2 Å². The van der Waals surface area contributed by atoms with Gasteiger partial charge < -0.3 is 9.47 Å². The van der Waals surface area contributed by atoms with Gasteiger partial charge in [-0.15, -0.1) is 0 Å². The molecule has 1 aromatic carbocycles. The van der Waals surface area contributed by atoms with Crippen LogP contribution in [0.2, 0.25) is 0 Å². The molecule has 1 fully saturated rings. The highest BCUT2D eigenvalue weighted by atomic mass is 32.1. The standard InChI is InChI=1S/C20H22N6OS/c1-15-21-14-17-20(27)25(12-13-26(15)17)11-8-23-6-9-24(10-7-23)19-16-4-2-3-5-18(16)28-22-19/h2-5,12-14H,6-11H2,1H3. The van der Waals surface area contributed by atoms with Crippen molar-refractivity contribution >= 4 is 33.0 Å². The number of rotatable bonds is 4. The van der Waals surface area contributed by atoms with Gasteiger partial charge in [0.15, 0.2) is 0 Å². The summed E-state index contributed by atoms with van der Waals surface area (Å²) < 4.78 is 9.55. The Morgan fingerprint density at radius 1 is 1.07 bits per heavy atom. The Morgan fingerprint density at radius 2 is 1.89 bits per heavy atom. The molecule has 0 spiro atoms. The Hall–Kier alpha value is -2.71. The average Bonchev–Trinajstić information content (AvgIpc) is 3.32. The van der Waals surface area contributed by atoms with E-state index in [-0.39, 0.29) is 5.56 Å². The number of fused-ring (bicyclic) bond motifs is 2. The molecule has 1 aliphatic heterocycles. The van der Waals surface area contributed by atoms with Crippen molar-refractivity contribution in [1.82, 2.24) is 23.2 Å². The van der Waals surface area contributed by atoms with Crippen molar-refractivity contribution in [2.75, 3.05) is 37.6 Å². The molecular weight excluding hydrogens is 372 g/mol. The minimum absolute atomic E-state index is 0.0238. The van der Waals surface area contributed by atoms with E-state index in [1.165, 1.54) is 10.1 Å². The molecule has 5 rings (SSSR count). The molecule has 4 aromatic rings. The van der Waals surface area contributed by atoms with E-state index < -0.39 is 0 Å². The first-order chi connectivity index (χ1) is 13.7. The summed E-state index contributed by atoms with van der Waals surface area (Å²) in [7, 11) is 0. The maximum Gasteiger partial charge on any atom is 0.276 e. The Morgan fingerprint density at radius 3 is 2.75 bits per heavy atom. The van der Waals surface area contributed by atoms with Crippen LogP contribution in [0, 0.1) is 6.92 Å². The zero-order valence-corrected chi connectivity index (χ0v) is 16.6. The van der Waals surface area contributed by atoms with Gasteiger partial charge >= 0.3 is 0 Å². The average molecular weight is 395 g/mol. The van der Waals surface area contributed by atoms with Crippen molar-refractivity contribution in [3.05, 3.63) is 59.0 Å². The van der Waals surface area contributed by atoms with Crippen LogP contribution in [-0.4, -0.2) is 55.9 Å². The van der Waals surface area contributed by atoms with Gasteiger partial charge in [0.05, 0.1) is 10.9 Å². The molecule has 0 N–H and O–H groups in total. The third-order valence-corrected chi connectivity index (χ3v) is 6.36. The summed E-state index contributed by atoms with van der Waals surface area (Å²) in [5.74, 6) is 1.95. The van der Waals surface area contributed by atoms with Gasteiger partial charge in [-0.3, -0.25) is 14.1 Å². The van der Waals surface area contributed by atoms with Gasteiger partial charge in [0, 0.05) is 57.0 Å². The first-order valence-electron chi connectivity index (χ1n) is 9.55. The van der Waals surface area contributed by atoms with Gasteiger partial charge in [0.2, 0.25) is 0 Å². The summed E-state index contributed by atoms with van der Waals surface area (Å²) in [5, 5.41) is 1.25. The number of nitrogens with zero attached hydrogens (tertiary/aromatic N) is 6. The number of aromatic nitrogens is 4. The predicted octanol–water partition coefficient (Wildman–Crippen LogP) is 2.24. The predicted molar refractivity (Wildman–Crippen MR) is 112 cm³/mol. The highest BCUT2D eigenvalue weighted by Gasteiger charge is 2.20. The van der Waals surface area contributed by atoms with Gasteiger partial charge in [0.25, 0.3) is 5.56 Å². The minimum Gasteiger partial charge on any atom is -0.353 e. The molecule has 7 nitrogen and oxygen atoms in total. The fraction of sp³-hybridized carbons (Fsp3) is 0.350. The molecule has 0 bridgehead atoms. The van der Waals surface area contributed by atoms with E-state index in [2.05, 4.69) is 43.4 Å². The van der Waals surface area contributed by atoms with Crippen molar-refractivity contribution in [3.63, 3.8) is 0 Å². The monoisotopic (exact) mass is 394 g/mol. The van der Waals surface area contributed by atoms with Crippen LogP contribution in [-0.2, 0) is 6.54 Å². The molecule has 144 valence electrons. The summed E-state index contributed by atoms with van der Waals surface area (Å²) in [6.07, 6.45) is 5.44. The van der Waals surface area contributed by atoms with E-state index in [1.807, 2.05) is 23.7 Å². The van der Waals surface area contributed by atoms with Crippen molar-refractivity contribution in [2.24, 2.45) is 0 Å². The lowest BCUT2D eigenvalue weighted by molar-refractivity contribution is 0.247. The molecule has 0 unspecified atom stereocenters. The van der Waals surface area contributed by atoms with Crippen LogP contribution in [0.15, 0.2) is 47.7 Å². The maximum atomic E-state index is 12.6. The number of imidazole rings is 1. The largest absolute Gasteiger partial charge is 0.353 e. The van der Waals surface area contributed by atoms with Crippen molar-refractivity contribution in [1.29, 1.82) is 0 Å². The number of anilines is 1. The summed E-state index contributed by atoms with van der Waals surface area (Å²) in [6, 6.07) is 8.42. The minimum atomic E-state index is 0.0238. The molecule has 28 heavy (non-hydrogen) atoms. The van der Waals surface area contributed by atoms with Crippen molar-refractivity contribution in [2.45, 2.75) is 13.5 Å². The summed E-state index contributed by atoms with van der Waals surface area (Å²) in [5.41, 5.74) is 0.663. The molecule has 1 aliphatic rings. The molecule has 8 heteroatoms. The quantitative estimate of drug-likeness (QED) is 0.531. The normalized spacial score (nSPS) is 15.7. The van der Waals surface area contributed by atoms with Crippen LogP contribution in [0.25, 0.3) is 15.6 Å². The van der Waals surface area contributed by atoms with Crippen LogP contribution in [0.4, 0.5) is 5.82 Å². The first kappa shape index (κ1) is 17.4. The first-order valence-corrected chi connectivity index (χ1v) is 10.3. The van der Waals surface area contributed by atoms with Gasteiger partial charge in [-0.05, 0) is 30.6 Å². The molecule has 0 amide bonds. The summed E-state index contributed by atoms with van der Waals surface area (Å²) in [4.78, 5) is 21.6.